The summed E-state index contributed by atoms with van der Waals surface area (Å²) in [6, 6.07) is 14.8. The number of carbonyl (C=O) groups excluding carboxylic acids is 1. The van der Waals surface area contributed by atoms with Crippen molar-refractivity contribution in [1.29, 1.82) is 0 Å². The molecule has 2 N–H and O–H groups in total. The number of hydrogen-bond donors (Lipinski definition) is 2. The number of nitro benzene ring substituents is 1. The number of carbonyl (C=O) groups is 1. The van der Waals surface area contributed by atoms with Crippen LogP contribution in [0.5, 0.6) is 0 Å². The molecule has 2 aromatic carbocycles. The quantitative estimate of drug-likeness (QED) is 0.355. The van der Waals surface area contributed by atoms with Crippen LogP contribution in [0.1, 0.15) is 24.1 Å². The Morgan fingerprint density at radius 2 is 1.85 bits per heavy atom. The number of rotatable bonds is 5. The topological polar surface area (TPSA) is 93.5 Å². The second-order valence-corrected chi connectivity index (χ2v) is 6.39. The van der Waals surface area contributed by atoms with Crippen molar-refractivity contribution >= 4 is 29.0 Å². The minimum Gasteiger partial charge on any atom is -0.457 e. The van der Waals surface area contributed by atoms with E-state index in [-0.39, 0.29) is 12.3 Å². The zero-order valence-corrected chi connectivity index (χ0v) is 15.3. The van der Waals surface area contributed by atoms with E-state index < -0.39 is 16.9 Å². The summed E-state index contributed by atoms with van der Waals surface area (Å²) < 4.78 is 5.46. The highest BCUT2D eigenvalue weighted by atomic mass is 32.1. The van der Waals surface area contributed by atoms with Crippen molar-refractivity contribution in [3.05, 3.63) is 87.1 Å². The molecular formula is C19H17N3O4S. The van der Waals surface area contributed by atoms with Crippen molar-refractivity contribution in [2.75, 3.05) is 0 Å². The summed E-state index contributed by atoms with van der Waals surface area (Å²) in [5, 5.41) is 17.2. The summed E-state index contributed by atoms with van der Waals surface area (Å²) in [6.45, 7) is 1.89. The van der Waals surface area contributed by atoms with E-state index in [0.717, 1.165) is 5.56 Å². The van der Waals surface area contributed by atoms with Gasteiger partial charge in [-0.1, -0.05) is 30.3 Å². The van der Waals surface area contributed by atoms with Crippen LogP contribution in [-0.4, -0.2) is 16.0 Å². The Balaban J connectivity index is 1.85. The zero-order valence-electron chi connectivity index (χ0n) is 14.5. The summed E-state index contributed by atoms with van der Waals surface area (Å²) in [4.78, 5) is 23.1. The number of esters is 1. The second kappa shape index (κ2) is 7.96. The fourth-order valence-corrected chi connectivity index (χ4v) is 3.07. The standard InChI is InChI=1S/C19H17N3O4S/c1-12-16(18(23)26-11-13-5-3-2-4-6-13)17(21-19(27)20-12)14-7-9-15(10-8-14)22(24)25/h2-10,17H,11H2,1H3,(H2,20,21,27)/t17-/m0/s1. The Hall–Kier alpha value is -3.26. The average molecular weight is 383 g/mol. The molecule has 8 heteroatoms. The van der Waals surface area contributed by atoms with Gasteiger partial charge in [0.1, 0.15) is 6.61 Å². The monoisotopic (exact) mass is 383 g/mol. The van der Waals surface area contributed by atoms with E-state index >= 15 is 0 Å². The van der Waals surface area contributed by atoms with Gasteiger partial charge < -0.3 is 15.4 Å². The van der Waals surface area contributed by atoms with Crippen LogP contribution in [0.25, 0.3) is 0 Å². The maximum absolute atomic E-state index is 12.7. The van der Waals surface area contributed by atoms with E-state index in [1.807, 2.05) is 30.3 Å². The molecule has 2 aromatic rings. The maximum atomic E-state index is 12.7. The molecule has 0 aliphatic carbocycles. The molecule has 1 heterocycles. The number of nitro groups is 1. The third kappa shape index (κ3) is 4.29. The Kier molecular flexibility index (Phi) is 5.46. The van der Waals surface area contributed by atoms with Gasteiger partial charge in [-0.05, 0) is 42.4 Å². The summed E-state index contributed by atoms with van der Waals surface area (Å²) >= 11 is 5.19. The number of non-ortho nitro benzene ring substituents is 1. The van der Waals surface area contributed by atoms with Crippen molar-refractivity contribution in [2.24, 2.45) is 0 Å². The normalized spacial score (nSPS) is 16.3. The molecule has 0 saturated carbocycles. The van der Waals surface area contributed by atoms with Crippen LogP contribution in [-0.2, 0) is 16.1 Å². The van der Waals surface area contributed by atoms with Gasteiger partial charge in [0, 0.05) is 17.8 Å². The first kappa shape index (κ1) is 18.5. The summed E-state index contributed by atoms with van der Waals surface area (Å²) in [5.41, 5.74) is 2.50. The van der Waals surface area contributed by atoms with Gasteiger partial charge in [0.05, 0.1) is 16.5 Å². The smallest absolute Gasteiger partial charge is 0.338 e. The molecule has 0 amide bonds. The highest BCUT2D eigenvalue weighted by Crippen LogP contribution is 2.29. The van der Waals surface area contributed by atoms with Crippen LogP contribution in [0.15, 0.2) is 65.9 Å². The fraction of sp³-hybridized carbons (Fsp3) is 0.158. The van der Waals surface area contributed by atoms with Crippen molar-refractivity contribution < 1.29 is 14.5 Å². The Bertz CT molecular complexity index is 910. The van der Waals surface area contributed by atoms with Crippen LogP contribution in [0.4, 0.5) is 5.69 Å². The van der Waals surface area contributed by atoms with Gasteiger partial charge in [0.15, 0.2) is 5.11 Å². The van der Waals surface area contributed by atoms with E-state index in [2.05, 4.69) is 10.6 Å². The number of allylic oxidation sites excluding steroid dienone is 1. The average Bonchev–Trinajstić information content (AvgIpc) is 2.66. The van der Waals surface area contributed by atoms with Gasteiger partial charge in [0.25, 0.3) is 5.69 Å². The van der Waals surface area contributed by atoms with Crippen LogP contribution in [0.3, 0.4) is 0 Å². The first-order valence-electron chi connectivity index (χ1n) is 8.19. The Labute approximate surface area is 161 Å². The van der Waals surface area contributed by atoms with Gasteiger partial charge in [-0.25, -0.2) is 4.79 Å². The fourth-order valence-electron chi connectivity index (χ4n) is 2.80. The van der Waals surface area contributed by atoms with Gasteiger partial charge in [-0.15, -0.1) is 0 Å². The molecule has 1 atom stereocenters. The molecule has 0 saturated heterocycles. The molecular weight excluding hydrogens is 366 g/mol. The van der Waals surface area contributed by atoms with Gasteiger partial charge in [-0.2, -0.15) is 0 Å². The van der Waals surface area contributed by atoms with Gasteiger partial charge >= 0.3 is 5.97 Å². The molecule has 3 rings (SSSR count). The lowest BCUT2D eigenvalue weighted by Crippen LogP contribution is -2.45. The molecule has 1 aliphatic heterocycles. The van der Waals surface area contributed by atoms with Crippen LogP contribution in [0, 0.1) is 10.1 Å². The molecule has 7 nitrogen and oxygen atoms in total. The second-order valence-electron chi connectivity index (χ2n) is 5.98. The minimum atomic E-state index is -0.553. The lowest BCUT2D eigenvalue weighted by atomic mass is 9.95. The SMILES string of the molecule is CC1=C(C(=O)OCc2ccccc2)[C@H](c2ccc([N+](=O)[O-])cc2)NC(=S)N1. The number of nitrogens with one attached hydrogen (secondary N) is 2. The van der Waals surface area contributed by atoms with Crippen molar-refractivity contribution in [1.82, 2.24) is 10.6 Å². The van der Waals surface area contributed by atoms with E-state index in [9.17, 15) is 14.9 Å². The van der Waals surface area contributed by atoms with E-state index in [0.29, 0.717) is 21.9 Å². The molecule has 0 radical (unpaired) electrons. The summed E-state index contributed by atoms with van der Waals surface area (Å²) in [6.07, 6.45) is 0. The molecule has 27 heavy (non-hydrogen) atoms. The number of thiocarbonyl (C=S) groups is 1. The van der Waals surface area contributed by atoms with Gasteiger partial charge in [0.2, 0.25) is 0 Å². The van der Waals surface area contributed by atoms with Crippen LogP contribution < -0.4 is 10.6 Å². The van der Waals surface area contributed by atoms with E-state index in [4.69, 9.17) is 17.0 Å². The Morgan fingerprint density at radius 1 is 1.19 bits per heavy atom. The molecule has 138 valence electrons. The van der Waals surface area contributed by atoms with Crippen molar-refractivity contribution in [3.63, 3.8) is 0 Å². The molecule has 0 spiro atoms. The number of hydrogen-bond acceptors (Lipinski definition) is 5. The largest absolute Gasteiger partial charge is 0.457 e. The number of nitrogens with zero attached hydrogens (tertiary/aromatic N) is 1. The predicted octanol–water partition coefficient (Wildman–Crippen LogP) is 3.13. The van der Waals surface area contributed by atoms with Crippen LogP contribution in [0.2, 0.25) is 0 Å². The Morgan fingerprint density at radius 3 is 2.48 bits per heavy atom. The minimum absolute atomic E-state index is 0.0239. The van der Waals surface area contributed by atoms with Crippen molar-refractivity contribution in [3.8, 4) is 0 Å². The number of benzene rings is 2. The summed E-state index contributed by atoms with van der Waals surface area (Å²) in [7, 11) is 0. The lowest BCUT2D eigenvalue weighted by molar-refractivity contribution is -0.384. The molecule has 1 aliphatic rings. The van der Waals surface area contributed by atoms with Gasteiger partial charge in [-0.3, -0.25) is 10.1 Å². The highest BCUT2D eigenvalue weighted by molar-refractivity contribution is 7.80. The number of ether oxygens (including phenoxy) is 1. The molecule has 0 bridgehead atoms. The molecule has 0 fully saturated rings. The highest BCUT2D eigenvalue weighted by Gasteiger charge is 2.31. The zero-order chi connectivity index (χ0) is 19.4. The van der Waals surface area contributed by atoms with E-state index in [1.54, 1.807) is 19.1 Å². The summed E-state index contributed by atoms with van der Waals surface area (Å²) in [5.74, 6) is -0.484. The predicted molar refractivity (Wildman–Crippen MR) is 104 cm³/mol. The molecule has 0 unspecified atom stereocenters. The molecule has 0 aromatic heterocycles. The maximum Gasteiger partial charge on any atom is 0.338 e. The third-order valence-electron chi connectivity index (χ3n) is 4.14. The first-order valence-corrected chi connectivity index (χ1v) is 8.60. The van der Waals surface area contributed by atoms with E-state index in [1.165, 1.54) is 12.1 Å². The third-order valence-corrected chi connectivity index (χ3v) is 4.36. The lowest BCUT2D eigenvalue weighted by Gasteiger charge is -2.29. The van der Waals surface area contributed by atoms with Crippen LogP contribution >= 0.6 is 12.2 Å². The first-order chi connectivity index (χ1) is 13.0. The van der Waals surface area contributed by atoms with Crippen molar-refractivity contribution in [2.45, 2.75) is 19.6 Å².